The molecule has 3 aromatic rings. The molecule has 27 heavy (non-hydrogen) atoms. The van der Waals surface area contributed by atoms with E-state index in [0.29, 0.717) is 17.2 Å². The molecule has 0 aliphatic carbocycles. The fourth-order valence-corrected chi connectivity index (χ4v) is 2.47. The Balaban J connectivity index is 1.77. The molecule has 0 spiro atoms. The van der Waals surface area contributed by atoms with Crippen molar-refractivity contribution in [2.24, 2.45) is 0 Å². The van der Waals surface area contributed by atoms with Gasteiger partial charge in [0.15, 0.2) is 0 Å². The van der Waals surface area contributed by atoms with Gasteiger partial charge in [-0.1, -0.05) is 17.7 Å². The summed E-state index contributed by atoms with van der Waals surface area (Å²) in [5.41, 5.74) is 2.56. The number of carbonyl (C=O) groups excluding carboxylic acids is 1. The molecule has 5 heteroatoms. The first-order chi connectivity index (χ1) is 13.1. The maximum absolute atomic E-state index is 12.3. The Morgan fingerprint density at radius 3 is 2.41 bits per heavy atom. The summed E-state index contributed by atoms with van der Waals surface area (Å²) in [6.07, 6.45) is 1.43. The Labute approximate surface area is 157 Å². The van der Waals surface area contributed by atoms with Crippen LogP contribution in [0.2, 0.25) is 0 Å². The number of furan rings is 1. The molecule has 1 N–H and O–H groups in total. The minimum Gasteiger partial charge on any atom is -0.497 e. The molecule has 3 rings (SSSR count). The van der Waals surface area contributed by atoms with E-state index in [1.807, 2.05) is 49.4 Å². The molecule has 0 saturated heterocycles. The summed E-state index contributed by atoms with van der Waals surface area (Å²) in [7, 11) is 1.61. The Hall–Kier alpha value is -3.78. The number of aryl methyl sites for hydroxylation is 1. The zero-order chi connectivity index (χ0) is 19.2. The highest BCUT2D eigenvalue weighted by atomic mass is 16.5. The molecular formula is C22H18N2O3. The third-order valence-electron chi connectivity index (χ3n) is 3.96. The standard InChI is InChI=1S/C22H18N2O3/c1-15-3-7-18(8-4-15)24-22(25)17(14-23)13-20-11-12-21(27-20)16-5-9-19(26-2)10-6-16/h3-13H,1-2H3,(H,24,25). The van der Waals surface area contributed by atoms with E-state index in [1.165, 1.54) is 6.08 Å². The van der Waals surface area contributed by atoms with Gasteiger partial charge in [0.2, 0.25) is 0 Å². The van der Waals surface area contributed by atoms with Crippen LogP contribution in [-0.4, -0.2) is 13.0 Å². The van der Waals surface area contributed by atoms with E-state index in [0.717, 1.165) is 16.9 Å². The normalized spacial score (nSPS) is 10.9. The highest BCUT2D eigenvalue weighted by Gasteiger charge is 2.11. The summed E-state index contributed by atoms with van der Waals surface area (Å²) >= 11 is 0. The molecule has 2 aromatic carbocycles. The van der Waals surface area contributed by atoms with Crippen LogP contribution in [0.5, 0.6) is 5.75 Å². The fraction of sp³-hybridized carbons (Fsp3) is 0.0909. The molecule has 0 bridgehead atoms. The second-order valence-corrected chi connectivity index (χ2v) is 5.92. The molecule has 5 nitrogen and oxygen atoms in total. The first-order valence-electron chi connectivity index (χ1n) is 8.33. The number of hydrogen-bond acceptors (Lipinski definition) is 4. The van der Waals surface area contributed by atoms with Gasteiger partial charge in [0.25, 0.3) is 5.91 Å². The second kappa shape index (κ2) is 8.07. The van der Waals surface area contributed by atoms with Crippen LogP contribution in [0.4, 0.5) is 5.69 Å². The maximum atomic E-state index is 12.3. The van der Waals surface area contributed by atoms with Gasteiger partial charge in [-0.3, -0.25) is 4.79 Å². The summed E-state index contributed by atoms with van der Waals surface area (Å²) in [6.45, 7) is 1.96. The van der Waals surface area contributed by atoms with Crippen molar-refractivity contribution in [2.45, 2.75) is 6.92 Å². The van der Waals surface area contributed by atoms with E-state index < -0.39 is 5.91 Å². The maximum Gasteiger partial charge on any atom is 0.266 e. The lowest BCUT2D eigenvalue weighted by Crippen LogP contribution is -2.13. The van der Waals surface area contributed by atoms with Gasteiger partial charge in [-0.15, -0.1) is 0 Å². The van der Waals surface area contributed by atoms with Crippen molar-refractivity contribution >= 4 is 17.7 Å². The third-order valence-corrected chi connectivity index (χ3v) is 3.96. The molecule has 134 valence electrons. The lowest BCUT2D eigenvalue weighted by Gasteiger charge is -2.04. The number of methoxy groups -OCH3 is 1. The quantitative estimate of drug-likeness (QED) is 0.525. The molecule has 0 unspecified atom stereocenters. The lowest BCUT2D eigenvalue weighted by molar-refractivity contribution is -0.112. The fourth-order valence-electron chi connectivity index (χ4n) is 2.47. The van der Waals surface area contributed by atoms with Gasteiger partial charge in [0, 0.05) is 17.3 Å². The highest BCUT2D eigenvalue weighted by molar-refractivity contribution is 6.09. The van der Waals surface area contributed by atoms with E-state index in [-0.39, 0.29) is 5.57 Å². The Morgan fingerprint density at radius 2 is 1.78 bits per heavy atom. The summed E-state index contributed by atoms with van der Waals surface area (Å²) in [4.78, 5) is 12.3. The van der Waals surface area contributed by atoms with Crippen LogP contribution >= 0.6 is 0 Å². The third kappa shape index (κ3) is 4.44. The Kier molecular flexibility index (Phi) is 5.38. The van der Waals surface area contributed by atoms with Crippen LogP contribution in [0, 0.1) is 18.3 Å². The molecule has 0 aliphatic heterocycles. The van der Waals surface area contributed by atoms with Gasteiger partial charge >= 0.3 is 0 Å². The summed E-state index contributed by atoms with van der Waals surface area (Å²) in [5.74, 6) is 1.34. The first-order valence-corrected chi connectivity index (χ1v) is 8.33. The minimum atomic E-state index is -0.483. The zero-order valence-corrected chi connectivity index (χ0v) is 15.0. The van der Waals surface area contributed by atoms with Gasteiger partial charge in [0.05, 0.1) is 7.11 Å². The number of carbonyl (C=O) groups is 1. The Bertz CT molecular complexity index is 1010. The summed E-state index contributed by atoms with van der Waals surface area (Å²) < 4.78 is 10.9. The SMILES string of the molecule is COc1ccc(-c2ccc(C=C(C#N)C(=O)Nc3ccc(C)cc3)o2)cc1. The number of anilines is 1. The van der Waals surface area contributed by atoms with Gasteiger partial charge in [-0.05, 0) is 55.5 Å². The number of nitriles is 1. The average molecular weight is 358 g/mol. The van der Waals surface area contributed by atoms with Gasteiger partial charge < -0.3 is 14.5 Å². The number of rotatable bonds is 5. The molecule has 1 heterocycles. The van der Waals surface area contributed by atoms with Crippen LogP contribution in [-0.2, 0) is 4.79 Å². The van der Waals surface area contributed by atoms with Crippen molar-refractivity contribution in [3.05, 3.63) is 77.6 Å². The lowest BCUT2D eigenvalue weighted by atomic mass is 10.2. The molecular weight excluding hydrogens is 340 g/mol. The molecule has 0 radical (unpaired) electrons. The van der Waals surface area contributed by atoms with Crippen LogP contribution in [0.1, 0.15) is 11.3 Å². The van der Waals surface area contributed by atoms with E-state index in [4.69, 9.17) is 9.15 Å². The number of nitrogens with one attached hydrogen (secondary N) is 1. The number of amides is 1. The minimum absolute atomic E-state index is 0.0359. The van der Waals surface area contributed by atoms with Crippen LogP contribution in [0.15, 0.2) is 70.7 Å². The summed E-state index contributed by atoms with van der Waals surface area (Å²) in [6, 6.07) is 20.2. The van der Waals surface area contributed by atoms with Crippen molar-refractivity contribution in [3.8, 4) is 23.1 Å². The van der Waals surface area contributed by atoms with Gasteiger partial charge in [-0.25, -0.2) is 0 Å². The van der Waals surface area contributed by atoms with Crippen molar-refractivity contribution in [2.75, 3.05) is 12.4 Å². The van der Waals surface area contributed by atoms with Crippen molar-refractivity contribution in [1.82, 2.24) is 0 Å². The largest absolute Gasteiger partial charge is 0.497 e. The number of nitrogens with zero attached hydrogens (tertiary/aromatic N) is 1. The monoisotopic (exact) mass is 358 g/mol. The van der Waals surface area contributed by atoms with E-state index in [2.05, 4.69) is 5.32 Å². The van der Waals surface area contributed by atoms with Gasteiger partial charge in [0.1, 0.15) is 28.9 Å². The topological polar surface area (TPSA) is 75.3 Å². The summed E-state index contributed by atoms with van der Waals surface area (Å²) in [5, 5.41) is 12.0. The molecule has 0 saturated carbocycles. The zero-order valence-electron chi connectivity index (χ0n) is 15.0. The number of hydrogen-bond donors (Lipinski definition) is 1. The van der Waals surface area contributed by atoms with Crippen molar-refractivity contribution < 1.29 is 13.9 Å². The predicted octanol–water partition coefficient (Wildman–Crippen LogP) is 4.81. The van der Waals surface area contributed by atoms with Crippen LogP contribution in [0.3, 0.4) is 0 Å². The Morgan fingerprint density at radius 1 is 1.07 bits per heavy atom. The number of ether oxygens (including phenoxy) is 1. The van der Waals surface area contributed by atoms with Crippen LogP contribution < -0.4 is 10.1 Å². The molecule has 0 fully saturated rings. The van der Waals surface area contributed by atoms with E-state index in [9.17, 15) is 10.1 Å². The van der Waals surface area contributed by atoms with Gasteiger partial charge in [-0.2, -0.15) is 5.26 Å². The van der Waals surface area contributed by atoms with Crippen molar-refractivity contribution in [3.63, 3.8) is 0 Å². The molecule has 0 atom stereocenters. The van der Waals surface area contributed by atoms with Crippen molar-refractivity contribution in [1.29, 1.82) is 5.26 Å². The first kappa shape index (κ1) is 18.0. The average Bonchev–Trinajstić information content (AvgIpc) is 3.16. The highest BCUT2D eigenvalue weighted by Crippen LogP contribution is 2.25. The van der Waals surface area contributed by atoms with E-state index >= 15 is 0 Å². The molecule has 1 aromatic heterocycles. The van der Waals surface area contributed by atoms with Crippen LogP contribution in [0.25, 0.3) is 17.4 Å². The van der Waals surface area contributed by atoms with E-state index in [1.54, 1.807) is 31.4 Å². The number of benzene rings is 2. The predicted molar refractivity (Wildman–Crippen MR) is 104 cm³/mol. The smallest absolute Gasteiger partial charge is 0.266 e. The molecule has 0 aliphatic rings. The second-order valence-electron chi connectivity index (χ2n) is 5.92. The molecule has 1 amide bonds.